The van der Waals surface area contributed by atoms with E-state index in [-0.39, 0.29) is 5.82 Å². The first-order valence-corrected chi connectivity index (χ1v) is 5.88. The van der Waals surface area contributed by atoms with Gasteiger partial charge in [-0.3, -0.25) is 4.79 Å². The van der Waals surface area contributed by atoms with Crippen molar-refractivity contribution in [3.63, 3.8) is 0 Å². The number of H-pyrrole nitrogens is 1. The average molecular weight is 297 g/mol. The number of nitrogens with zero attached hydrogens (tertiary/aromatic N) is 1. The molecule has 0 saturated heterocycles. The second-order valence-corrected chi connectivity index (χ2v) is 4.02. The van der Waals surface area contributed by atoms with E-state index < -0.39 is 31.1 Å². The van der Waals surface area contributed by atoms with Crippen LogP contribution in [0.5, 0.6) is 0 Å². The van der Waals surface area contributed by atoms with Crippen molar-refractivity contribution in [1.29, 1.82) is 0 Å². The van der Waals surface area contributed by atoms with Gasteiger partial charge in [-0.25, -0.2) is 13.8 Å². The minimum Gasteiger partial charge on any atom is -0.367 e. The van der Waals surface area contributed by atoms with Gasteiger partial charge in [0.25, 0.3) is 5.56 Å². The highest BCUT2D eigenvalue weighted by Crippen LogP contribution is 2.23. The molecule has 1 heterocycles. The van der Waals surface area contributed by atoms with Gasteiger partial charge < -0.3 is 15.0 Å². The Bertz CT molecular complexity index is 479. The molecular weight excluding hydrogens is 282 g/mol. The van der Waals surface area contributed by atoms with E-state index in [0.29, 0.717) is 18.8 Å². The predicted molar refractivity (Wildman–Crippen MR) is 62.8 cm³/mol. The van der Waals surface area contributed by atoms with Gasteiger partial charge in [0.15, 0.2) is 0 Å². The Kier molecular flexibility index (Phi) is 6.08. The summed E-state index contributed by atoms with van der Waals surface area (Å²) in [5.41, 5.74) is -0.0538. The van der Waals surface area contributed by atoms with E-state index in [4.69, 9.17) is 0 Å². The fourth-order valence-electron chi connectivity index (χ4n) is 1.32. The molecule has 0 bridgehead atoms. The van der Waals surface area contributed by atoms with Gasteiger partial charge in [-0.2, -0.15) is 8.78 Å². The van der Waals surface area contributed by atoms with Crippen molar-refractivity contribution in [3.8, 4) is 0 Å². The molecule has 1 rings (SSSR count). The predicted octanol–water partition coefficient (Wildman–Crippen LogP) is 1.30. The number of hydrogen-bond acceptors (Lipinski definition) is 4. The summed E-state index contributed by atoms with van der Waals surface area (Å²) in [7, 11) is 0. The zero-order chi connectivity index (χ0) is 15.2. The topological polar surface area (TPSA) is 67.0 Å². The highest BCUT2D eigenvalue weighted by Gasteiger charge is 2.40. The number of nitrogens with one attached hydrogen (secondary N) is 2. The third-order valence-electron chi connectivity index (χ3n) is 2.25. The van der Waals surface area contributed by atoms with Crippen LogP contribution in [0, 0.1) is 0 Å². The number of rotatable bonds is 8. The number of ether oxygens (including phenoxy) is 1. The minimum absolute atomic E-state index is 0.00969. The molecule has 20 heavy (non-hydrogen) atoms. The second kappa shape index (κ2) is 7.34. The maximum absolute atomic E-state index is 12.6. The maximum Gasteiger partial charge on any atom is 0.330 e. The largest absolute Gasteiger partial charge is 0.367 e. The summed E-state index contributed by atoms with van der Waals surface area (Å²) in [6, 6.07) is 1.25. The molecular formula is C11H15F4N3O2. The number of halogens is 4. The molecule has 0 aliphatic carbocycles. The maximum atomic E-state index is 12.6. The van der Waals surface area contributed by atoms with Crippen LogP contribution >= 0.6 is 0 Å². The van der Waals surface area contributed by atoms with Crippen molar-refractivity contribution in [2.24, 2.45) is 0 Å². The lowest BCUT2D eigenvalue weighted by Gasteiger charge is -2.14. The molecule has 1 aromatic heterocycles. The van der Waals surface area contributed by atoms with E-state index in [1.54, 1.807) is 0 Å². The van der Waals surface area contributed by atoms with Gasteiger partial charge >= 0.3 is 12.3 Å². The van der Waals surface area contributed by atoms with Crippen LogP contribution < -0.4 is 10.9 Å². The summed E-state index contributed by atoms with van der Waals surface area (Å²) in [4.78, 5) is 17.5. The van der Waals surface area contributed by atoms with Crippen molar-refractivity contribution in [3.05, 3.63) is 27.9 Å². The Morgan fingerprint density at radius 1 is 1.50 bits per heavy atom. The van der Waals surface area contributed by atoms with Gasteiger partial charge in [0.05, 0.1) is 5.69 Å². The van der Waals surface area contributed by atoms with Gasteiger partial charge in [0.2, 0.25) is 0 Å². The van der Waals surface area contributed by atoms with Crippen LogP contribution in [0.4, 0.5) is 17.6 Å². The van der Waals surface area contributed by atoms with Crippen molar-refractivity contribution < 1.29 is 22.3 Å². The summed E-state index contributed by atoms with van der Waals surface area (Å²) in [5, 5.41) is 2.94. The molecule has 0 amide bonds. The first-order valence-electron chi connectivity index (χ1n) is 5.88. The quantitative estimate of drug-likeness (QED) is 0.710. The molecule has 1 aromatic rings. The summed E-state index contributed by atoms with van der Waals surface area (Å²) in [6.45, 7) is 0.953. The molecule has 5 nitrogen and oxygen atoms in total. The molecule has 0 fully saturated rings. The molecule has 0 aromatic carbocycles. The van der Waals surface area contributed by atoms with Crippen LogP contribution in [-0.2, 0) is 17.9 Å². The first-order chi connectivity index (χ1) is 9.35. The Morgan fingerprint density at radius 3 is 2.80 bits per heavy atom. The smallest absolute Gasteiger partial charge is 0.330 e. The fourth-order valence-corrected chi connectivity index (χ4v) is 1.32. The lowest BCUT2D eigenvalue weighted by Crippen LogP contribution is -2.32. The molecule has 2 N–H and O–H groups in total. The number of hydrogen-bond donors (Lipinski definition) is 2. The molecule has 0 saturated carbocycles. The van der Waals surface area contributed by atoms with Gasteiger partial charge in [-0.05, 0) is 6.54 Å². The van der Waals surface area contributed by atoms with E-state index >= 15 is 0 Å². The Labute approximate surface area is 112 Å². The third-order valence-corrected chi connectivity index (χ3v) is 2.25. The number of alkyl halides is 4. The Hall–Kier alpha value is -1.48. The monoisotopic (exact) mass is 297 g/mol. The summed E-state index contributed by atoms with van der Waals surface area (Å²) in [5.74, 6) is -4.21. The van der Waals surface area contributed by atoms with E-state index in [2.05, 4.69) is 20.0 Å². The lowest BCUT2D eigenvalue weighted by atomic mass is 10.3. The van der Waals surface area contributed by atoms with Gasteiger partial charge in [-0.1, -0.05) is 6.92 Å². The fraction of sp³-hybridized carbons (Fsp3) is 0.636. The number of aromatic nitrogens is 2. The van der Waals surface area contributed by atoms with Crippen LogP contribution in [0.15, 0.2) is 10.9 Å². The van der Waals surface area contributed by atoms with E-state index in [1.165, 1.54) is 6.07 Å². The molecule has 0 unspecified atom stereocenters. The molecule has 114 valence electrons. The zero-order valence-corrected chi connectivity index (χ0v) is 10.8. The standard InChI is InChI=1S/C11H15F4N3O2/c1-2-16-4-7-3-9(19)18-8(17-7)5-20-6-11(14,15)10(12)13/h3,10,16H,2,4-6H2,1H3,(H,17,18,19). The third kappa shape index (κ3) is 5.25. The molecule has 9 heteroatoms. The highest BCUT2D eigenvalue weighted by molar-refractivity contribution is 5.02. The molecule has 0 radical (unpaired) electrons. The van der Waals surface area contributed by atoms with Crippen molar-refractivity contribution in [2.75, 3.05) is 13.2 Å². The van der Waals surface area contributed by atoms with E-state index in [1.807, 2.05) is 6.92 Å². The second-order valence-electron chi connectivity index (χ2n) is 4.02. The molecule has 0 spiro atoms. The van der Waals surface area contributed by atoms with Crippen molar-refractivity contribution in [1.82, 2.24) is 15.3 Å². The van der Waals surface area contributed by atoms with Crippen molar-refractivity contribution in [2.45, 2.75) is 32.4 Å². The molecule has 0 atom stereocenters. The van der Waals surface area contributed by atoms with Crippen LogP contribution in [0.3, 0.4) is 0 Å². The van der Waals surface area contributed by atoms with Crippen molar-refractivity contribution >= 4 is 0 Å². The van der Waals surface area contributed by atoms with E-state index in [9.17, 15) is 22.4 Å². The Morgan fingerprint density at radius 2 is 2.20 bits per heavy atom. The van der Waals surface area contributed by atoms with Crippen LogP contribution in [0.1, 0.15) is 18.4 Å². The number of aromatic amines is 1. The lowest BCUT2D eigenvalue weighted by molar-refractivity contribution is -0.168. The summed E-state index contributed by atoms with van der Waals surface area (Å²) >= 11 is 0. The first kappa shape index (κ1) is 16.6. The van der Waals surface area contributed by atoms with Crippen LogP contribution in [-0.4, -0.2) is 35.5 Å². The average Bonchev–Trinajstić information content (AvgIpc) is 2.35. The highest BCUT2D eigenvalue weighted by atomic mass is 19.3. The van der Waals surface area contributed by atoms with Gasteiger partial charge in [-0.15, -0.1) is 0 Å². The summed E-state index contributed by atoms with van der Waals surface area (Å²) in [6.07, 6.45) is -3.80. The van der Waals surface area contributed by atoms with Crippen LogP contribution in [0.25, 0.3) is 0 Å². The molecule has 0 aliphatic heterocycles. The summed E-state index contributed by atoms with van der Waals surface area (Å²) < 4.78 is 53.5. The minimum atomic E-state index is -4.22. The Balaban J connectivity index is 2.60. The van der Waals surface area contributed by atoms with E-state index in [0.717, 1.165) is 0 Å². The van der Waals surface area contributed by atoms with Gasteiger partial charge in [0, 0.05) is 12.6 Å². The SMILES string of the molecule is CCNCc1cc(=O)[nH]c(COCC(F)(F)C(F)F)n1. The van der Waals surface area contributed by atoms with Gasteiger partial charge in [0.1, 0.15) is 19.0 Å². The zero-order valence-electron chi connectivity index (χ0n) is 10.8. The molecule has 0 aliphatic rings. The van der Waals surface area contributed by atoms with Crippen LogP contribution in [0.2, 0.25) is 0 Å². The normalized spacial score (nSPS) is 12.1.